The van der Waals surface area contributed by atoms with Crippen molar-refractivity contribution in [3.63, 3.8) is 0 Å². The molecular weight excluding hydrogens is 286 g/mol. The predicted molar refractivity (Wildman–Crippen MR) is 89.4 cm³/mol. The van der Waals surface area contributed by atoms with Crippen molar-refractivity contribution >= 4 is 11.6 Å². The van der Waals surface area contributed by atoms with E-state index in [1.807, 2.05) is 18.2 Å². The summed E-state index contributed by atoms with van der Waals surface area (Å²) in [5, 5.41) is 4.20. The fraction of sp³-hybridized carbons (Fsp3) is 0.647. The standard InChI is InChI=1S/C17H28ClNO2/c1-4-6-10-20-11-12-21-17-8-7-15(18)13-16(17)14(3)19-9-5-2/h7-8,13-14,19H,4-6,9-12H2,1-3H3. The lowest BCUT2D eigenvalue weighted by Gasteiger charge is -2.18. The largest absolute Gasteiger partial charge is 0.491 e. The van der Waals surface area contributed by atoms with E-state index in [1.54, 1.807) is 0 Å². The Bertz CT molecular complexity index is 398. The van der Waals surface area contributed by atoms with E-state index < -0.39 is 0 Å². The molecule has 1 aromatic rings. The molecule has 3 nitrogen and oxygen atoms in total. The maximum atomic E-state index is 6.11. The van der Waals surface area contributed by atoms with Crippen LogP contribution in [0.5, 0.6) is 5.75 Å². The highest BCUT2D eigenvalue weighted by molar-refractivity contribution is 6.30. The number of rotatable bonds is 11. The van der Waals surface area contributed by atoms with Crippen molar-refractivity contribution in [2.45, 2.75) is 46.1 Å². The lowest BCUT2D eigenvalue weighted by atomic mass is 10.1. The Morgan fingerprint density at radius 3 is 2.67 bits per heavy atom. The first-order valence-electron chi connectivity index (χ1n) is 7.92. The minimum Gasteiger partial charge on any atom is -0.491 e. The zero-order valence-electron chi connectivity index (χ0n) is 13.5. The highest BCUT2D eigenvalue weighted by atomic mass is 35.5. The minimum absolute atomic E-state index is 0.222. The summed E-state index contributed by atoms with van der Waals surface area (Å²) < 4.78 is 11.4. The fourth-order valence-corrected chi connectivity index (χ4v) is 2.20. The van der Waals surface area contributed by atoms with Gasteiger partial charge in [-0.3, -0.25) is 0 Å². The van der Waals surface area contributed by atoms with Crippen LogP contribution in [0.1, 0.15) is 51.6 Å². The van der Waals surface area contributed by atoms with Crippen LogP contribution in [0.15, 0.2) is 18.2 Å². The molecule has 0 saturated heterocycles. The van der Waals surface area contributed by atoms with Gasteiger partial charge in [-0.1, -0.05) is 31.9 Å². The van der Waals surface area contributed by atoms with Gasteiger partial charge in [0.05, 0.1) is 6.61 Å². The van der Waals surface area contributed by atoms with Crippen LogP contribution in [0.4, 0.5) is 0 Å². The summed E-state index contributed by atoms with van der Waals surface area (Å²) in [4.78, 5) is 0. The number of hydrogen-bond donors (Lipinski definition) is 1. The maximum absolute atomic E-state index is 6.11. The molecule has 0 fully saturated rings. The van der Waals surface area contributed by atoms with E-state index in [2.05, 4.69) is 26.1 Å². The van der Waals surface area contributed by atoms with Gasteiger partial charge in [0.1, 0.15) is 12.4 Å². The van der Waals surface area contributed by atoms with Crippen molar-refractivity contribution in [2.24, 2.45) is 0 Å². The smallest absolute Gasteiger partial charge is 0.124 e. The average Bonchev–Trinajstić information content (AvgIpc) is 2.49. The van der Waals surface area contributed by atoms with Gasteiger partial charge in [-0.15, -0.1) is 0 Å². The molecule has 0 bridgehead atoms. The summed E-state index contributed by atoms with van der Waals surface area (Å²) >= 11 is 6.11. The molecular formula is C17H28ClNO2. The molecule has 0 spiro atoms. The first-order chi connectivity index (χ1) is 10.2. The summed E-state index contributed by atoms with van der Waals surface area (Å²) in [6.45, 7) is 9.42. The second-order valence-electron chi connectivity index (χ2n) is 5.17. The summed E-state index contributed by atoms with van der Waals surface area (Å²) in [5.41, 5.74) is 1.10. The molecule has 0 amide bonds. The third-order valence-corrected chi connectivity index (χ3v) is 3.50. The topological polar surface area (TPSA) is 30.5 Å². The molecule has 1 unspecified atom stereocenters. The van der Waals surface area contributed by atoms with Crippen LogP contribution in [0, 0.1) is 0 Å². The number of hydrogen-bond acceptors (Lipinski definition) is 3. The Morgan fingerprint density at radius 2 is 1.95 bits per heavy atom. The third kappa shape index (κ3) is 7.16. The van der Waals surface area contributed by atoms with Crippen molar-refractivity contribution in [3.8, 4) is 5.75 Å². The normalized spacial score (nSPS) is 12.4. The van der Waals surface area contributed by atoms with E-state index in [0.717, 1.165) is 48.7 Å². The number of benzene rings is 1. The zero-order chi connectivity index (χ0) is 15.5. The van der Waals surface area contributed by atoms with Crippen LogP contribution in [-0.4, -0.2) is 26.4 Å². The molecule has 0 aliphatic carbocycles. The Kier molecular flexibility index (Phi) is 9.48. The van der Waals surface area contributed by atoms with Crippen molar-refractivity contribution in [1.82, 2.24) is 5.32 Å². The van der Waals surface area contributed by atoms with Gasteiger partial charge in [0, 0.05) is 23.2 Å². The SMILES string of the molecule is CCCCOCCOc1ccc(Cl)cc1C(C)NCCC. The maximum Gasteiger partial charge on any atom is 0.124 e. The second kappa shape index (κ2) is 10.9. The first kappa shape index (κ1) is 18.3. The van der Waals surface area contributed by atoms with Gasteiger partial charge < -0.3 is 14.8 Å². The van der Waals surface area contributed by atoms with Crippen molar-refractivity contribution in [1.29, 1.82) is 0 Å². The Hall–Kier alpha value is -0.770. The zero-order valence-corrected chi connectivity index (χ0v) is 14.2. The van der Waals surface area contributed by atoms with Crippen LogP contribution in [-0.2, 0) is 4.74 Å². The van der Waals surface area contributed by atoms with E-state index in [4.69, 9.17) is 21.1 Å². The highest BCUT2D eigenvalue weighted by Gasteiger charge is 2.12. The van der Waals surface area contributed by atoms with Crippen LogP contribution in [0.2, 0.25) is 5.02 Å². The molecule has 1 atom stereocenters. The molecule has 0 heterocycles. The first-order valence-corrected chi connectivity index (χ1v) is 8.30. The van der Waals surface area contributed by atoms with E-state index in [0.29, 0.717) is 13.2 Å². The fourth-order valence-electron chi connectivity index (χ4n) is 2.02. The van der Waals surface area contributed by atoms with Gasteiger partial charge >= 0.3 is 0 Å². The molecule has 0 radical (unpaired) electrons. The molecule has 4 heteroatoms. The monoisotopic (exact) mass is 313 g/mol. The van der Waals surface area contributed by atoms with E-state index >= 15 is 0 Å². The summed E-state index contributed by atoms with van der Waals surface area (Å²) in [6.07, 6.45) is 3.36. The third-order valence-electron chi connectivity index (χ3n) is 3.27. The van der Waals surface area contributed by atoms with E-state index in [1.165, 1.54) is 0 Å². The average molecular weight is 314 g/mol. The van der Waals surface area contributed by atoms with Crippen molar-refractivity contribution < 1.29 is 9.47 Å². The van der Waals surface area contributed by atoms with E-state index in [-0.39, 0.29) is 6.04 Å². The predicted octanol–water partition coefficient (Wildman–Crippen LogP) is 4.60. The number of ether oxygens (including phenoxy) is 2. The Balaban J connectivity index is 2.52. The molecule has 0 aromatic heterocycles. The van der Waals surface area contributed by atoms with Gasteiger partial charge in [0.15, 0.2) is 0 Å². The molecule has 1 aromatic carbocycles. The van der Waals surface area contributed by atoms with Gasteiger partial charge in [0.2, 0.25) is 0 Å². The van der Waals surface area contributed by atoms with Crippen LogP contribution in [0.25, 0.3) is 0 Å². The van der Waals surface area contributed by atoms with Gasteiger partial charge in [0.25, 0.3) is 0 Å². The van der Waals surface area contributed by atoms with Gasteiger partial charge in [-0.25, -0.2) is 0 Å². The molecule has 1 N–H and O–H groups in total. The minimum atomic E-state index is 0.222. The van der Waals surface area contributed by atoms with Gasteiger partial charge in [-0.2, -0.15) is 0 Å². The molecule has 0 saturated carbocycles. The Labute approximate surface area is 134 Å². The quantitative estimate of drug-likeness (QED) is 0.606. The number of unbranched alkanes of at least 4 members (excludes halogenated alkanes) is 1. The van der Waals surface area contributed by atoms with Crippen molar-refractivity contribution in [2.75, 3.05) is 26.4 Å². The van der Waals surface area contributed by atoms with Crippen LogP contribution in [0.3, 0.4) is 0 Å². The molecule has 1 rings (SSSR count). The summed E-state index contributed by atoms with van der Waals surface area (Å²) in [6, 6.07) is 6.00. The lowest BCUT2D eigenvalue weighted by Crippen LogP contribution is -2.20. The summed E-state index contributed by atoms with van der Waals surface area (Å²) in [5.74, 6) is 0.884. The highest BCUT2D eigenvalue weighted by Crippen LogP contribution is 2.28. The number of halogens is 1. The molecule has 0 aliphatic rings. The number of nitrogens with one attached hydrogen (secondary N) is 1. The Morgan fingerprint density at radius 1 is 1.14 bits per heavy atom. The lowest BCUT2D eigenvalue weighted by molar-refractivity contribution is 0.0975. The van der Waals surface area contributed by atoms with Crippen LogP contribution < -0.4 is 10.1 Å². The molecule has 120 valence electrons. The van der Waals surface area contributed by atoms with Crippen molar-refractivity contribution in [3.05, 3.63) is 28.8 Å². The second-order valence-corrected chi connectivity index (χ2v) is 5.61. The van der Waals surface area contributed by atoms with Crippen LogP contribution >= 0.6 is 11.6 Å². The van der Waals surface area contributed by atoms with E-state index in [9.17, 15) is 0 Å². The molecule has 0 aliphatic heterocycles. The summed E-state index contributed by atoms with van der Waals surface area (Å²) in [7, 11) is 0. The van der Waals surface area contributed by atoms with Gasteiger partial charge in [-0.05, 0) is 44.5 Å². The molecule has 21 heavy (non-hydrogen) atoms.